The molecule has 0 saturated heterocycles. The summed E-state index contributed by atoms with van der Waals surface area (Å²) in [6, 6.07) is 16.0. The molecule has 2 atom stereocenters. The Kier molecular flexibility index (Phi) is 12.6. The van der Waals surface area contributed by atoms with Crippen LogP contribution in [0.1, 0.15) is 88.0 Å². The largest absolute Gasteiger partial charge is 0.444 e. The smallest absolute Gasteiger partial charge is 0.407 e. The molecule has 2 aromatic heterocycles. The lowest BCUT2D eigenvalue weighted by molar-refractivity contribution is -0.168. The molecule has 0 radical (unpaired) electrons. The summed E-state index contributed by atoms with van der Waals surface area (Å²) >= 11 is 0. The van der Waals surface area contributed by atoms with Gasteiger partial charge in [0.15, 0.2) is 5.78 Å². The average Bonchev–Trinajstić information content (AvgIpc) is 3.58. The molecule has 13 heteroatoms. The van der Waals surface area contributed by atoms with Crippen LogP contribution >= 0.6 is 0 Å². The van der Waals surface area contributed by atoms with Gasteiger partial charge in [-0.05, 0) is 101 Å². The van der Waals surface area contributed by atoms with E-state index >= 15 is 0 Å². The number of nitrogens with one attached hydrogen (secondary N) is 3. The second kappa shape index (κ2) is 16.9. The van der Waals surface area contributed by atoms with Gasteiger partial charge >= 0.3 is 12.3 Å². The standard InChI is InChI=1S/C41H48F3N5O5/c1-24(41(42,43)44)18-37(51)34-17-16-33(25(2)47-34)28-10-6-26(7-11-28)19-31(38(52)48-32-15-14-30-23-46-49-35(30)21-32)20-36(50)29-12-8-27(9-13-29)22-45-39(53)54-40(3,4)5/h6-7,10-11,14-17,21,23-24,27,29,31H,8-9,12-13,18-20,22H2,1-5H3,(H,45,53)(H,46,49)(H,48,52)/t24?,27?,29?,31-/m1/s1. The molecule has 10 nitrogen and oxygen atoms in total. The summed E-state index contributed by atoms with van der Waals surface area (Å²) in [5.41, 5.74) is 3.61. The predicted molar refractivity (Wildman–Crippen MR) is 200 cm³/mol. The maximum atomic E-state index is 13.8. The number of Topliss-reactive ketones (excluding diaryl/α,β-unsaturated/α-hetero) is 2. The van der Waals surface area contributed by atoms with Crippen LogP contribution in [0.5, 0.6) is 0 Å². The van der Waals surface area contributed by atoms with Crippen molar-refractivity contribution in [3.8, 4) is 11.1 Å². The van der Waals surface area contributed by atoms with E-state index in [-0.39, 0.29) is 35.6 Å². The number of pyridine rings is 1. The number of hydrogen-bond acceptors (Lipinski definition) is 7. The molecule has 2 aromatic carbocycles. The summed E-state index contributed by atoms with van der Waals surface area (Å²) < 4.78 is 44.3. The molecule has 2 amide bonds. The van der Waals surface area contributed by atoms with E-state index in [9.17, 15) is 32.3 Å². The number of ether oxygens (including phenoxy) is 1. The monoisotopic (exact) mass is 747 g/mol. The van der Waals surface area contributed by atoms with Gasteiger partial charge in [-0.2, -0.15) is 18.3 Å². The third kappa shape index (κ3) is 11.0. The van der Waals surface area contributed by atoms with Gasteiger partial charge in [0, 0.05) is 53.6 Å². The third-order valence-corrected chi connectivity index (χ3v) is 9.93. The highest BCUT2D eigenvalue weighted by atomic mass is 19.4. The number of alkyl halides is 3. The number of carbonyl (C=O) groups is 4. The quantitative estimate of drug-likeness (QED) is 0.116. The number of aryl methyl sites for hydroxylation is 1. The minimum Gasteiger partial charge on any atom is -0.444 e. The van der Waals surface area contributed by atoms with Crippen molar-refractivity contribution in [1.82, 2.24) is 20.5 Å². The van der Waals surface area contributed by atoms with E-state index in [2.05, 4.69) is 25.8 Å². The molecule has 288 valence electrons. The number of nitrogens with zero attached hydrogens (tertiary/aromatic N) is 2. The Hall–Kier alpha value is -5.07. The normalized spacial score (nSPS) is 17.4. The lowest BCUT2D eigenvalue weighted by Gasteiger charge is -2.29. The molecule has 1 fully saturated rings. The fourth-order valence-corrected chi connectivity index (χ4v) is 6.78. The molecule has 1 saturated carbocycles. The highest BCUT2D eigenvalue weighted by Gasteiger charge is 2.37. The zero-order valence-corrected chi connectivity index (χ0v) is 31.3. The number of ketones is 2. The van der Waals surface area contributed by atoms with Crippen LogP contribution in [0, 0.1) is 30.6 Å². The maximum absolute atomic E-state index is 13.8. The molecule has 0 aliphatic heterocycles. The topological polar surface area (TPSA) is 143 Å². The molecular formula is C41H48F3N5O5. The van der Waals surface area contributed by atoms with Crippen molar-refractivity contribution in [2.45, 2.75) is 91.3 Å². The maximum Gasteiger partial charge on any atom is 0.407 e. The van der Waals surface area contributed by atoms with Crippen LogP contribution < -0.4 is 10.6 Å². The molecular weight excluding hydrogens is 699 g/mol. The molecule has 5 rings (SSSR count). The second-order valence-corrected chi connectivity index (χ2v) is 15.4. The Labute approximate surface area is 313 Å². The number of H-pyrrole nitrogens is 1. The van der Waals surface area contributed by atoms with Crippen molar-refractivity contribution in [1.29, 1.82) is 0 Å². The summed E-state index contributed by atoms with van der Waals surface area (Å²) in [6.07, 6.45) is -0.600. The van der Waals surface area contributed by atoms with E-state index in [0.29, 0.717) is 37.2 Å². The van der Waals surface area contributed by atoms with Crippen molar-refractivity contribution in [3.63, 3.8) is 0 Å². The number of halogens is 3. The Morgan fingerprint density at radius 2 is 1.65 bits per heavy atom. The van der Waals surface area contributed by atoms with Gasteiger partial charge in [-0.1, -0.05) is 37.3 Å². The number of hydrogen-bond donors (Lipinski definition) is 3. The number of amides is 2. The molecule has 54 heavy (non-hydrogen) atoms. The zero-order valence-electron chi connectivity index (χ0n) is 31.3. The van der Waals surface area contributed by atoms with Crippen molar-refractivity contribution >= 4 is 40.2 Å². The van der Waals surface area contributed by atoms with Crippen molar-refractivity contribution in [2.24, 2.45) is 23.7 Å². The lowest BCUT2D eigenvalue weighted by atomic mass is 9.77. The molecule has 1 aliphatic rings. The molecule has 1 unspecified atom stereocenters. The van der Waals surface area contributed by atoms with Gasteiger partial charge in [-0.15, -0.1) is 0 Å². The van der Waals surface area contributed by atoms with Gasteiger partial charge < -0.3 is 15.4 Å². The van der Waals surface area contributed by atoms with Gasteiger partial charge in [-0.3, -0.25) is 19.5 Å². The van der Waals surface area contributed by atoms with Crippen molar-refractivity contribution in [3.05, 3.63) is 77.7 Å². The summed E-state index contributed by atoms with van der Waals surface area (Å²) in [6.45, 7) is 8.59. The number of aromatic nitrogens is 3. The van der Waals surface area contributed by atoms with E-state index in [1.165, 1.54) is 6.07 Å². The van der Waals surface area contributed by atoms with E-state index in [4.69, 9.17) is 4.74 Å². The van der Waals surface area contributed by atoms with E-state index in [1.807, 2.05) is 51.1 Å². The molecule has 0 spiro atoms. The number of alkyl carbamates (subject to hydrolysis) is 1. The number of benzene rings is 2. The Balaban J connectivity index is 1.25. The fraction of sp³-hybridized carbons (Fsp3) is 0.463. The zero-order chi connectivity index (χ0) is 39.2. The molecule has 4 aromatic rings. The van der Waals surface area contributed by atoms with Gasteiger partial charge in [0.25, 0.3) is 0 Å². The molecule has 3 N–H and O–H groups in total. The molecule has 0 bridgehead atoms. The first kappa shape index (κ1) is 40.1. The van der Waals surface area contributed by atoms with E-state index < -0.39 is 41.9 Å². The van der Waals surface area contributed by atoms with Gasteiger partial charge in [0.05, 0.1) is 17.6 Å². The van der Waals surface area contributed by atoms with Crippen LogP contribution in [0.15, 0.2) is 60.8 Å². The van der Waals surface area contributed by atoms with Crippen LogP contribution in [0.25, 0.3) is 22.0 Å². The number of rotatable bonds is 13. The van der Waals surface area contributed by atoms with Crippen LogP contribution in [0.4, 0.5) is 23.7 Å². The summed E-state index contributed by atoms with van der Waals surface area (Å²) in [4.78, 5) is 56.5. The summed E-state index contributed by atoms with van der Waals surface area (Å²) in [5.74, 6) is -3.27. The van der Waals surface area contributed by atoms with Crippen molar-refractivity contribution in [2.75, 3.05) is 11.9 Å². The van der Waals surface area contributed by atoms with Gasteiger partial charge in [0.2, 0.25) is 5.91 Å². The van der Waals surface area contributed by atoms with Crippen LogP contribution in [-0.4, -0.2) is 57.1 Å². The summed E-state index contributed by atoms with van der Waals surface area (Å²) in [7, 11) is 0. The Morgan fingerprint density at radius 1 is 0.944 bits per heavy atom. The van der Waals surface area contributed by atoms with Crippen LogP contribution in [-0.2, 0) is 20.7 Å². The molecule has 2 heterocycles. The second-order valence-electron chi connectivity index (χ2n) is 15.4. The SMILES string of the molecule is Cc1nc(C(=O)CC(C)C(F)(F)F)ccc1-c1ccc(C[C@H](CC(=O)C2CCC(CNC(=O)OC(C)(C)C)CC2)C(=O)Nc2ccc3cn[nH]c3c2)cc1. The first-order valence-corrected chi connectivity index (χ1v) is 18.4. The highest BCUT2D eigenvalue weighted by molar-refractivity contribution is 5.97. The number of aromatic amines is 1. The van der Waals surface area contributed by atoms with E-state index in [1.54, 1.807) is 31.3 Å². The van der Waals surface area contributed by atoms with Crippen LogP contribution in [0.3, 0.4) is 0 Å². The number of fused-ring (bicyclic) bond motifs is 1. The van der Waals surface area contributed by atoms with Gasteiger partial charge in [0.1, 0.15) is 17.1 Å². The first-order valence-electron chi connectivity index (χ1n) is 18.4. The number of carbonyl (C=O) groups excluding carboxylic acids is 4. The third-order valence-electron chi connectivity index (χ3n) is 9.93. The summed E-state index contributed by atoms with van der Waals surface area (Å²) in [5, 5.41) is 13.7. The Morgan fingerprint density at radius 3 is 2.30 bits per heavy atom. The van der Waals surface area contributed by atoms with Gasteiger partial charge in [-0.25, -0.2) is 9.78 Å². The minimum absolute atomic E-state index is 0.0138. The fourth-order valence-electron chi connectivity index (χ4n) is 6.78. The first-order chi connectivity index (χ1) is 25.4. The minimum atomic E-state index is -4.46. The van der Waals surface area contributed by atoms with Crippen molar-refractivity contribution < 1.29 is 37.1 Å². The van der Waals surface area contributed by atoms with E-state index in [0.717, 1.165) is 47.4 Å². The van der Waals surface area contributed by atoms with Crippen LogP contribution in [0.2, 0.25) is 0 Å². The Bertz CT molecular complexity index is 1960. The lowest BCUT2D eigenvalue weighted by Crippen LogP contribution is -2.37. The highest BCUT2D eigenvalue weighted by Crippen LogP contribution is 2.33. The molecule has 1 aliphatic carbocycles. The number of anilines is 1. The predicted octanol–water partition coefficient (Wildman–Crippen LogP) is 8.79. The average molecular weight is 748 g/mol.